The number of hydrogen-bond acceptors (Lipinski definition) is 5. The first-order valence-electron chi connectivity index (χ1n) is 9.18. The molecule has 1 heterocycles. The fourth-order valence-corrected chi connectivity index (χ4v) is 4.02. The van der Waals surface area contributed by atoms with Crippen LogP contribution in [0.25, 0.3) is 0 Å². The lowest BCUT2D eigenvalue weighted by Crippen LogP contribution is -2.50. The molecule has 5 nitrogen and oxygen atoms in total. The lowest BCUT2D eigenvalue weighted by Gasteiger charge is -2.40. The molecule has 0 aromatic carbocycles. The van der Waals surface area contributed by atoms with E-state index in [-0.39, 0.29) is 17.1 Å². The van der Waals surface area contributed by atoms with Crippen molar-refractivity contribution in [3.05, 3.63) is 25.3 Å². The van der Waals surface area contributed by atoms with E-state index < -0.39 is 32.4 Å². The van der Waals surface area contributed by atoms with E-state index in [9.17, 15) is 4.79 Å². The Balaban J connectivity index is 3.15. The molecule has 1 aliphatic rings. The third-order valence-electron chi connectivity index (χ3n) is 5.04. The molecule has 0 aliphatic carbocycles. The topological polar surface area (TPSA) is 54.0 Å². The van der Waals surface area contributed by atoms with E-state index in [2.05, 4.69) is 47.0 Å². The Labute approximate surface area is 159 Å². The molecule has 26 heavy (non-hydrogen) atoms. The van der Waals surface area contributed by atoms with E-state index in [0.717, 1.165) is 0 Å². The van der Waals surface area contributed by atoms with Crippen LogP contribution in [-0.2, 0) is 23.4 Å². The molecule has 150 valence electrons. The van der Waals surface area contributed by atoms with E-state index in [0.29, 0.717) is 6.42 Å². The van der Waals surface area contributed by atoms with Gasteiger partial charge in [0.05, 0.1) is 6.10 Å². The van der Waals surface area contributed by atoms with E-state index >= 15 is 0 Å². The lowest BCUT2D eigenvalue weighted by atomic mass is 10.0. The monoisotopic (exact) mass is 384 g/mol. The predicted octanol–water partition coefficient (Wildman–Crippen LogP) is 4.59. The summed E-state index contributed by atoms with van der Waals surface area (Å²) in [6.45, 7) is 23.8. The van der Waals surface area contributed by atoms with Crippen molar-refractivity contribution in [1.29, 1.82) is 0 Å². The van der Waals surface area contributed by atoms with Gasteiger partial charge in [-0.05, 0) is 32.0 Å². The van der Waals surface area contributed by atoms with Crippen molar-refractivity contribution in [1.82, 2.24) is 0 Å². The number of carbonyl (C=O) groups excluding carboxylic acids is 1. The van der Waals surface area contributed by atoms with Crippen LogP contribution in [0.4, 0.5) is 0 Å². The number of rotatable bonds is 8. The van der Waals surface area contributed by atoms with Crippen molar-refractivity contribution in [2.75, 3.05) is 0 Å². The van der Waals surface area contributed by atoms with Gasteiger partial charge in [-0.15, -0.1) is 13.2 Å². The summed E-state index contributed by atoms with van der Waals surface area (Å²) in [4.78, 5) is 11.6. The first-order chi connectivity index (χ1) is 11.7. The van der Waals surface area contributed by atoms with Crippen molar-refractivity contribution in [3.8, 4) is 0 Å². The molecular formula is C20H36O5Si. The van der Waals surface area contributed by atoms with Gasteiger partial charge in [-0.25, -0.2) is 0 Å². The Morgan fingerprint density at radius 1 is 1.23 bits per heavy atom. The summed E-state index contributed by atoms with van der Waals surface area (Å²) >= 11 is 0. The number of hydrogen-bond donors (Lipinski definition) is 0. The number of ether oxygens (including phenoxy) is 3. The highest BCUT2D eigenvalue weighted by molar-refractivity contribution is 6.74. The minimum absolute atomic E-state index is 0.0507. The Morgan fingerprint density at radius 3 is 2.19 bits per heavy atom. The maximum atomic E-state index is 11.6. The van der Waals surface area contributed by atoms with Gasteiger partial charge in [-0.3, -0.25) is 4.79 Å². The fourth-order valence-electron chi connectivity index (χ4n) is 2.75. The summed E-state index contributed by atoms with van der Waals surface area (Å²) in [7, 11) is -2.05. The van der Waals surface area contributed by atoms with Crippen molar-refractivity contribution in [3.63, 3.8) is 0 Å². The summed E-state index contributed by atoms with van der Waals surface area (Å²) in [5.74, 6) is -1.16. The van der Waals surface area contributed by atoms with Crippen LogP contribution in [0.5, 0.6) is 0 Å². The van der Waals surface area contributed by atoms with Crippen LogP contribution in [0.3, 0.4) is 0 Å². The van der Waals surface area contributed by atoms with Crippen LogP contribution in [0, 0.1) is 0 Å². The first kappa shape index (κ1) is 23.1. The molecule has 1 aliphatic heterocycles. The molecular weight excluding hydrogens is 348 g/mol. The summed E-state index contributed by atoms with van der Waals surface area (Å²) in [6, 6.07) is 0. The zero-order valence-corrected chi connectivity index (χ0v) is 18.6. The lowest BCUT2D eigenvalue weighted by molar-refractivity contribution is -0.169. The van der Waals surface area contributed by atoms with Gasteiger partial charge < -0.3 is 18.6 Å². The normalized spacial score (nSPS) is 25.4. The molecule has 1 saturated heterocycles. The molecule has 6 heteroatoms. The molecule has 1 rings (SSSR count). The van der Waals surface area contributed by atoms with Gasteiger partial charge in [0, 0.05) is 13.3 Å². The van der Waals surface area contributed by atoms with Gasteiger partial charge in [-0.2, -0.15) is 0 Å². The molecule has 0 aromatic rings. The predicted molar refractivity (Wildman–Crippen MR) is 106 cm³/mol. The maximum absolute atomic E-state index is 11.6. The van der Waals surface area contributed by atoms with Gasteiger partial charge in [0.15, 0.2) is 14.1 Å². The van der Waals surface area contributed by atoms with Gasteiger partial charge in [-0.1, -0.05) is 32.9 Å². The molecule has 0 amide bonds. The van der Waals surface area contributed by atoms with Crippen LogP contribution in [0.1, 0.15) is 48.0 Å². The molecule has 0 radical (unpaired) electrons. The third-order valence-corrected chi connectivity index (χ3v) is 9.51. The van der Waals surface area contributed by atoms with Gasteiger partial charge >= 0.3 is 5.97 Å². The summed E-state index contributed by atoms with van der Waals surface area (Å²) in [6.07, 6.45) is 2.25. The minimum Gasteiger partial charge on any atom is -0.459 e. The molecule has 0 spiro atoms. The largest absolute Gasteiger partial charge is 0.459 e. The van der Waals surface area contributed by atoms with E-state index in [1.165, 1.54) is 6.92 Å². The van der Waals surface area contributed by atoms with Crippen LogP contribution < -0.4 is 0 Å². The SMILES string of the molecule is C=CC[C@@H](OC(C)=O)[C@H]1OC(C)(C)O[C@H]1[C@@H](C=C)O[Si](C)(C)C(C)(C)C. The highest BCUT2D eigenvalue weighted by Crippen LogP contribution is 2.41. The quantitative estimate of drug-likeness (QED) is 0.348. The van der Waals surface area contributed by atoms with E-state index in [1.807, 2.05) is 13.8 Å². The first-order valence-corrected chi connectivity index (χ1v) is 12.1. The maximum Gasteiger partial charge on any atom is 0.303 e. The van der Waals surface area contributed by atoms with Gasteiger partial charge in [0.1, 0.15) is 18.3 Å². The highest BCUT2D eigenvalue weighted by atomic mass is 28.4. The summed E-state index contributed by atoms with van der Waals surface area (Å²) in [5, 5.41) is 0.0507. The molecule has 1 fully saturated rings. The Kier molecular flexibility index (Phi) is 7.44. The van der Waals surface area contributed by atoms with Gasteiger partial charge in [0.2, 0.25) is 0 Å². The average molecular weight is 385 g/mol. The second-order valence-electron chi connectivity index (χ2n) is 8.82. The summed E-state index contributed by atoms with van der Waals surface area (Å²) in [5.41, 5.74) is 0. The molecule has 0 unspecified atom stereocenters. The zero-order valence-electron chi connectivity index (χ0n) is 17.6. The zero-order chi connectivity index (χ0) is 20.3. The molecule has 0 aromatic heterocycles. The fraction of sp³-hybridized carbons (Fsp3) is 0.750. The third kappa shape index (κ3) is 5.77. The van der Waals surface area contributed by atoms with Crippen molar-refractivity contribution < 1.29 is 23.4 Å². The van der Waals surface area contributed by atoms with Crippen LogP contribution in [-0.4, -0.2) is 44.5 Å². The average Bonchev–Trinajstić information content (AvgIpc) is 2.78. The Morgan fingerprint density at radius 2 is 1.77 bits per heavy atom. The van der Waals surface area contributed by atoms with Crippen LogP contribution >= 0.6 is 0 Å². The minimum atomic E-state index is -2.05. The molecule has 4 atom stereocenters. The number of esters is 1. The van der Waals surface area contributed by atoms with Crippen LogP contribution in [0.15, 0.2) is 25.3 Å². The van der Waals surface area contributed by atoms with Crippen molar-refractivity contribution in [2.24, 2.45) is 0 Å². The van der Waals surface area contributed by atoms with E-state index in [4.69, 9.17) is 18.6 Å². The van der Waals surface area contributed by atoms with E-state index in [1.54, 1.807) is 12.2 Å². The number of carbonyl (C=O) groups is 1. The highest BCUT2D eigenvalue weighted by Gasteiger charge is 2.51. The Hall–Kier alpha value is -0.953. The molecule has 0 N–H and O–H groups in total. The van der Waals surface area contributed by atoms with Crippen molar-refractivity contribution >= 4 is 14.3 Å². The molecule has 0 saturated carbocycles. The Bertz CT molecular complexity index is 521. The molecule has 0 bridgehead atoms. The second-order valence-corrected chi connectivity index (χ2v) is 13.6. The van der Waals surface area contributed by atoms with Crippen molar-refractivity contribution in [2.45, 2.75) is 96.3 Å². The standard InChI is InChI=1S/C20H36O5Si/c1-11-13-16(22-14(3)21)18-17(23-20(7,8)24-18)15(12-2)25-26(9,10)19(4,5)6/h11-12,15-18H,1-2,13H2,3-10H3/t15-,16-,17+,18-/m1/s1. The second kappa shape index (κ2) is 8.38. The van der Waals surface area contributed by atoms with Crippen LogP contribution in [0.2, 0.25) is 18.1 Å². The van der Waals surface area contributed by atoms with Gasteiger partial charge in [0.25, 0.3) is 0 Å². The summed E-state index contributed by atoms with van der Waals surface area (Å²) < 4.78 is 24.3. The smallest absolute Gasteiger partial charge is 0.303 e.